The molecule has 0 atom stereocenters. The summed E-state index contributed by atoms with van der Waals surface area (Å²) in [5.41, 5.74) is 3.98. The molecule has 0 saturated heterocycles. The van der Waals surface area contributed by atoms with Gasteiger partial charge in [0.05, 0.1) is 5.56 Å². The van der Waals surface area contributed by atoms with Crippen LogP contribution in [0.4, 0.5) is 8.78 Å². The number of rotatable bonds is 3. The molecular weight excluding hydrogens is 302 g/mol. The molecule has 2 N–H and O–H groups in total. The number of benzene rings is 1. The number of aryl methyl sites for hydroxylation is 1. The standard InChI is InChI=1S/C14H11ClF2N2O2/c1-19-6-10(13(18)20)9(12(17)14(19)21)4-7-2-3-8(15)5-11(7)16/h2-3,5-6H,4H2,1H3,(H2,18,20). The molecule has 2 rings (SSSR count). The SMILES string of the molecule is Cn1cc(C(N)=O)c(Cc2ccc(Cl)cc2F)c(F)c1=O. The van der Waals surface area contributed by atoms with Gasteiger partial charge < -0.3 is 10.3 Å². The third-order valence-electron chi connectivity index (χ3n) is 3.07. The van der Waals surface area contributed by atoms with Crippen LogP contribution >= 0.6 is 11.6 Å². The van der Waals surface area contributed by atoms with Gasteiger partial charge in [0, 0.05) is 30.3 Å². The number of pyridine rings is 1. The van der Waals surface area contributed by atoms with Crippen LogP contribution in [0.25, 0.3) is 0 Å². The molecule has 7 heteroatoms. The summed E-state index contributed by atoms with van der Waals surface area (Å²) in [5.74, 6) is -2.67. The maximum atomic E-state index is 14.1. The summed E-state index contributed by atoms with van der Waals surface area (Å²) in [6.45, 7) is 0. The number of primary amides is 1. The Balaban J connectivity index is 2.60. The Morgan fingerprint density at radius 2 is 2.05 bits per heavy atom. The van der Waals surface area contributed by atoms with Crippen LogP contribution in [0, 0.1) is 11.6 Å². The van der Waals surface area contributed by atoms with E-state index in [9.17, 15) is 18.4 Å². The van der Waals surface area contributed by atoms with E-state index < -0.39 is 23.1 Å². The highest BCUT2D eigenvalue weighted by molar-refractivity contribution is 6.30. The van der Waals surface area contributed by atoms with Crippen LogP contribution in [0.2, 0.25) is 5.02 Å². The number of carbonyl (C=O) groups is 1. The van der Waals surface area contributed by atoms with Gasteiger partial charge in [0.25, 0.3) is 11.5 Å². The van der Waals surface area contributed by atoms with Crippen LogP contribution in [-0.4, -0.2) is 10.5 Å². The van der Waals surface area contributed by atoms with Crippen LogP contribution in [0.15, 0.2) is 29.2 Å². The third kappa shape index (κ3) is 2.95. The third-order valence-corrected chi connectivity index (χ3v) is 3.30. The number of hydrogen-bond acceptors (Lipinski definition) is 2. The van der Waals surface area contributed by atoms with Crippen LogP contribution in [0.5, 0.6) is 0 Å². The number of amides is 1. The average Bonchev–Trinajstić information content (AvgIpc) is 2.41. The van der Waals surface area contributed by atoms with Crippen LogP contribution in [0.3, 0.4) is 0 Å². The summed E-state index contributed by atoms with van der Waals surface area (Å²) >= 11 is 5.64. The molecule has 0 saturated carbocycles. The second-order valence-corrected chi connectivity index (χ2v) is 4.96. The lowest BCUT2D eigenvalue weighted by molar-refractivity contribution is 0.0998. The molecule has 0 spiro atoms. The monoisotopic (exact) mass is 312 g/mol. The Hall–Kier alpha value is -2.21. The van der Waals surface area contributed by atoms with Crippen molar-refractivity contribution < 1.29 is 13.6 Å². The smallest absolute Gasteiger partial charge is 0.286 e. The Bertz CT molecular complexity index is 787. The summed E-state index contributed by atoms with van der Waals surface area (Å²) in [5, 5.41) is 0.191. The summed E-state index contributed by atoms with van der Waals surface area (Å²) in [4.78, 5) is 23.0. The molecule has 0 aliphatic heterocycles. The van der Waals surface area contributed by atoms with E-state index in [1.165, 1.54) is 19.2 Å². The van der Waals surface area contributed by atoms with Crippen LogP contribution < -0.4 is 11.3 Å². The minimum Gasteiger partial charge on any atom is -0.366 e. The van der Waals surface area contributed by atoms with Gasteiger partial charge in [-0.3, -0.25) is 9.59 Å². The first-order valence-electron chi connectivity index (χ1n) is 5.93. The zero-order chi connectivity index (χ0) is 15.7. The predicted molar refractivity (Wildman–Crippen MR) is 74.4 cm³/mol. The van der Waals surface area contributed by atoms with Gasteiger partial charge in [-0.25, -0.2) is 8.78 Å². The topological polar surface area (TPSA) is 65.1 Å². The summed E-state index contributed by atoms with van der Waals surface area (Å²) in [6, 6.07) is 3.86. The molecule has 1 aromatic carbocycles. The largest absolute Gasteiger partial charge is 0.366 e. The zero-order valence-electron chi connectivity index (χ0n) is 11.0. The van der Waals surface area contributed by atoms with Crippen molar-refractivity contribution in [1.29, 1.82) is 0 Å². The van der Waals surface area contributed by atoms with Crippen molar-refractivity contribution in [1.82, 2.24) is 4.57 Å². The molecule has 0 fully saturated rings. The molecule has 1 aromatic heterocycles. The van der Waals surface area contributed by atoms with E-state index in [0.717, 1.165) is 16.8 Å². The number of carbonyl (C=O) groups excluding carboxylic acids is 1. The van der Waals surface area contributed by atoms with Gasteiger partial charge in [-0.1, -0.05) is 17.7 Å². The fraction of sp³-hybridized carbons (Fsp3) is 0.143. The Morgan fingerprint density at radius 1 is 1.38 bits per heavy atom. The molecule has 2 aromatic rings. The van der Waals surface area contributed by atoms with Gasteiger partial charge in [-0.2, -0.15) is 0 Å². The normalized spacial score (nSPS) is 10.7. The first-order valence-corrected chi connectivity index (χ1v) is 6.30. The molecule has 0 aliphatic carbocycles. The fourth-order valence-corrected chi connectivity index (χ4v) is 2.13. The van der Waals surface area contributed by atoms with E-state index in [-0.39, 0.29) is 28.1 Å². The van der Waals surface area contributed by atoms with Crippen molar-refractivity contribution in [3.8, 4) is 0 Å². The molecule has 0 unspecified atom stereocenters. The highest BCUT2D eigenvalue weighted by atomic mass is 35.5. The molecule has 0 bridgehead atoms. The molecule has 0 radical (unpaired) electrons. The van der Waals surface area contributed by atoms with Gasteiger partial charge in [0.1, 0.15) is 5.82 Å². The van der Waals surface area contributed by atoms with Crippen molar-refractivity contribution in [3.05, 3.63) is 68.1 Å². The van der Waals surface area contributed by atoms with E-state index >= 15 is 0 Å². The van der Waals surface area contributed by atoms with Crippen LogP contribution in [-0.2, 0) is 13.5 Å². The Morgan fingerprint density at radius 3 is 2.62 bits per heavy atom. The minimum absolute atomic E-state index is 0.106. The van der Waals surface area contributed by atoms with Gasteiger partial charge in [0.15, 0.2) is 5.82 Å². The molecule has 4 nitrogen and oxygen atoms in total. The summed E-state index contributed by atoms with van der Waals surface area (Å²) in [7, 11) is 1.30. The van der Waals surface area contributed by atoms with Crippen molar-refractivity contribution in [2.75, 3.05) is 0 Å². The second kappa shape index (κ2) is 5.65. The Kier molecular flexibility index (Phi) is 4.09. The van der Waals surface area contributed by atoms with Gasteiger partial charge in [-0.15, -0.1) is 0 Å². The minimum atomic E-state index is -1.12. The zero-order valence-corrected chi connectivity index (χ0v) is 11.7. The molecule has 1 amide bonds. The van der Waals surface area contributed by atoms with Crippen molar-refractivity contribution >= 4 is 17.5 Å². The average molecular weight is 313 g/mol. The maximum Gasteiger partial charge on any atom is 0.286 e. The quantitative estimate of drug-likeness (QED) is 0.942. The van der Waals surface area contributed by atoms with E-state index in [1.54, 1.807) is 0 Å². The lowest BCUT2D eigenvalue weighted by Gasteiger charge is -2.11. The maximum absolute atomic E-state index is 14.1. The highest BCUT2D eigenvalue weighted by Gasteiger charge is 2.19. The van der Waals surface area contributed by atoms with E-state index in [4.69, 9.17) is 17.3 Å². The van der Waals surface area contributed by atoms with Crippen molar-refractivity contribution in [2.24, 2.45) is 12.8 Å². The molecule has 1 heterocycles. The number of nitrogens with zero attached hydrogens (tertiary/aromatic N) is 1. The number of aromatic nitrogens is 1. The summed E-state index contributed by atoms with van der Waals surface area (Å²) < 4.78 is 28.8. The van der Waals surface area contributed by atoms with Gasteiger partial charge in [-0.05, 0) is 17.7 Å². The first-order chi connectivity index (χ1) is 9.81. The van der Waals surface area contributed by atoms with Gasteiger partial charge >= 0.3 is 0 Å². The lowest BCUT2D eigenvalue weighted by atomic mass is 10.00. The van der Waals surface area contributed by atoms with E-state index in [1.807, 2.05) is 0 Å². The van der Waals surface area contributed by atoms with Crippen molar-refractivity contribution in [3.63, 3.8) is 0 Å². The lowest BCUT2D eigenvalue weighted by Crippen LogP contribution is -2.27. The number of nitrogens with two attached hydrogens (primary N) is 1. The van der Waals surface area contributed by atoms with Crippen LogP contribution in [0.1, 0.15) is 21.5 Å². The number of hydrogen-bond donors (Lipinski definition) is 1. The predicted octanol–water partition coefficient (Wildman–Crippen LogP) is 2.01. The second-order valence-electron chi connectivity index (χ2n) is 4.53. The van der Waals surface area contributed by atoms with Crippen molar-refractivity contribution in [2.45, 2.75) is 6.42 Å². The Labute approximate surface area is 123 Å². The molecule has 0 aliphatic rings. The number of halogens is 3. The fourth-order valence-electron chi connectivity index (χ4n) is 1.97. The molecule has 110 valence electrons. The highest BCUT2D eigenvalue weighted by Crippen LogP contribution is 2.20. The van der Waals surface area contributed by atoms with Gasteiger partial charge in [0.2, 0.25) is 0 Å². The summed E-state index contributed by atoms with van der Waals surface area (Å²) in [6.07, 6.45) is 0.861. The molecule has 21 heavy (non-hydrogen) atoms. The molecular formula is C14H11ClF2N2O2. The first kappa shape index (κ1) is 15.2. The van der Waals surface area contributed by atoms with E-state index in [2.05, 4.69) is 0 Å². The van der Waals surface area contributed by atoms with E-state index in [0.29, 0.717) is 0 Å².